The Morgan fingerprint density at radius 3 is 2.61 bits per heavy atom. The highest BCUT2D eigenvalue weighted by Crippen LogP contribution is 2.28. The summed E-state index contributed by atoms with van der Waals surface area (Å²) in [6.07, 6.45) is 5.52. The van der Waals surface area contributed by atoms with Gasteiger partial charge in [0.25, 0.3) is 0 Å². The molecule has 1 aromatic heterocycles. The SMILES string of the molecule is Cc1cc(C)c(CN)c(N(C)CC2CCCC2)n1. The molecular formula is C15H25N3. The van der Waals surface area contributed by atoms with Crippen molar-refractivity contribution in [3.05, 3.63) is 22.9 Å². The molecule has 0 amide bonds. The predicted octanol–water partition coefficient (Wildman–Crippen LogP) is 2.78. The smallest absolute Gasteiger partial charge is 0.133 e. The molecule has 2 N–H and O–H groups in total. The number of hydrogen-bond donors (Lipinski definition) is 1. The standard InChI is InChI=1S/C15H25N3/c1-11-8-12(2)17-15(14(11)9-16)18(3)10-13-6-4-5-7-13/h8,13H,4-7,9-10,16H2,1-3H3. The van der Waals surface area contributed by atoms with Crippen LogP contribution in [0.15, 0.2) is 6.07 Å². The van der Waals surface area contributed by atoms with E-state index in [4.69, 9.17) is 10.7 Å². The monoisotopic (exact) mass is 247 g/mol. The van der Waals surface area contributed by atoms with E-state index >= 15 is 0 Å². The third kappa shape index (κ3) is 2.83. The maximum absolute atomic E-state index is 5.88. The molecule has 0 aliphatic heterocycles. The van der Waals surface area contributed by atoms with E-state index < -0.39 is 0 Å². The summed E-state index contributed by atoms with van der Waals surface area (Å²) in [6.45, 7) is 5.87. The molecule has 1 heterocycles. The van der Waals surface area contributed by atoms with Crippen molar-refractivity contribution >= 4 is 5.82 Å². The van der Waals surface area contributed by atoms with Crippen molar-refractivity contribution in [3.8, 4) is 0 Å². The summed E-state index contributed by atoms with van der Waals surface area (Å²) in [7, 11) is 2.15. The Labute approximate surface area is 110 Å². The number of aryl methyl sites for hydroxylation is 2. The fourth-order valence-electron chi connectivity index (χ4n) is 3.08. The molecular weight excluding hydrogens is 222 g/mol. The topological polar surface area (TPSA) is 42.1 Å². The van der Waals surface area contributed by atoms with Crippen LogP contribution >= 0.6 is 0 Å². The largest absolute Gasteiger partial charge is 0.359 e. The molecule has 3 nitrogen and oxygen atoms in total. The lowest BCUT2D eigenvalue weighted by molar-refractivity contribution is 0.544. The van der Waals surface area contributed by atoms with E-state index in [1.165, 1.54) is 36.8 Å². The molecule has 18 heavy (non-hydrogen) atoms. The summed E-state index contributed by atoms with van der Waals surface area (Å²) >= 11 is 0. The van der Waals surface area contributed by atoms with E-state index in [-0.39, 0.29) is 0 Å². The molecule has 2 rings (SSSR count). The highest BCUT2D eigenvalue weighted by atomic mass is 15.2. The highest BCUT2D eigenvalue weighted by molar-refractivity contribution is 5.51. The Morgan fingerprint density at radius 1 is 1.33 bits per heavy atom. The molecule has 0 saturated heterocycles. The molecule has 1 aliphatic rings. The molecule has 100 valence electrons. The lowest BCUT2D eigenvalue weighted by atomic mass is 10.1. The van der Waals surface area contributed by atoms with Crippen LogP contribution in [0.4, 0.5) is 5.82 Å². The summed E-state index contributed by atoms with van der Waals surface area (Å²) in [5, 5.41) is 0. The van der Waals surface area contributed by atoms with Gasteiger partial charge in [-0.3, -0.25) is 0 Å². The molecule has 1 aliphatic carbocycles. The Kier molecular flexibility index (Phi) is 4.23. The van der Waals surface area contributed by atoms with Crippen LogP contribution in [0.5, 0.6) is 0 Å². The average molecular weight is 247 g/mol. The lowest BCUT2D eigenvalue weighted by Crippen LogP contribution is -2.27. The number of nitrogens with two attached hydrogens (primary N) is 1. The minimum atomic E-state index is 0.573. The number of anilines is 1. The lowest BCUT2D eigenvalue weighted by Gasteiger charge is -2.25. The summed E-state index contributed by atoms with van der Waals surface area (Å²) in [5.74, 6) is 1.92. The van der Waals surface area contributed by atoms with Crippen LogP contribution in [-0.4, -0.2) is 18.6 Å². The van der Waals surface area contributed by atoms with E-state index in [1.54, 1.807) is 0 Å². The van der Waals surface area contributed by atoms with Crippen molar-refractivity contribution in [1.29, 1.82) is 0 Å². The average Bonchev–Trinajstić information content (AvgIpc) is 2.80. The first-order valence-corrected chi connectivity index (χ1v) is 7.00. The fourth-order valence-corrected chi connectivity index (χ4v) is 3.08. The van der Waals surface area contributed by atoms with Gasteiger partial charge in [-0.15, -0.1) is 0 Å². The van der Waals surface area contributed by atoms with Crippen molar-refractivity contribution in [2.24, 2.45) is 11.7 Å². The van der Waals surface area contributed by atoms with Crippen LogP contribution in [0.1, 0.15) is 42.5 Å². The van der Waals surface area contributed by atoms with Gasteiger partial charge in [-0.1, -0.05) is 12.8 Å². The number of rotatable bonds is 4. The number of aromatic nitrogens is 1. The van der Waals surface area contributed by atoms with Crippen LogP contribution < -0.4 is 10.6 Å². The minimum Gasteiger partial charge on any atom is -0.359 e. The van der Waals surface area contributed by atoms with E-state index in [0.717, 1.165) is 24.0 Å². The van der Waals surface area contributed by atoms with Gasteiger partial charge in [0.15, 0.2) is 0 Å². The van der Waals surface area contributed by atoms with Gasteiger partial charge in [-0.2, -0.15) is 0 Å². The number of pyridine rings is 1. The van der Waals surface area contributed by atoms with Crippen molar-refractivity contribution in [3.63, 3.8) is 0 Å². The van der Waals surface area contributed by atoms with Gasteiger partial charge in [0, 0.05) is 31.4 Å². The van der Waals surface area contributed by atoms with Crippen LogP contribution in [0.3, 0.4) is 0 Å². The highest BCUT2D eigenvalue weighted by Gasteiger charge is 2.19. The van der Waals surface area contributed by atoms with Gasteiger partial charge in [-0.25, -0.2) is 4.98 Å². The van der Waals surface area contributed by atoms with E-state index in [9.17, 15) is 0 Å². The normalized spacial score (nSPS) is 16.2. The van der Waals surface area contributed by atoms with E-state index in [2.05, 4.69) is 31.9 Å². The van der Waals surface area contributed by atoms with Crippen molar-refractivity contribution in [1.82, 2.24) is 4.98 Å². The second-order valence-corrected chi connectivity index (χ2v) is 5.62. The van der Waals surface area contributed by atoms with Gasteiger partial charge in [0.1, 0.15) is 5.82 Å². The molecule has 0 unspecified atom stereocenters. The van der Waals surface area contributed by atoms with Gasteiger partial charge in [-0.05, 0) is 44.2 Å². The van der Waals surface area contributed by atoms with Gasteiger partial charge < -0.3 is 10.6 Å². The molecule has 1 saturated carbocycles. The minimum absolute atomic E-state index is 0.573. The zero-order valence-electron chi connectivity index (χ0n) is 11.9. The van der Waals surface area contributed by atoms with Crippen molar-refractivity contribution in [2.45, 2.75) is 46.1 Å². The summed E-state index contributed by atoms with van der Waals surface area (Å²) in [6, 6.07) is 2.12. The summed E-state index contributed by atoms with van der Waals surface area (Å²) in [4.78, 5) is 7.00. The van der Waals surface area contributed by atoms with Crippen LogP contribution in [0.2, 0.25) is 0 Å². The van der Waals surface area contributed by atoms with Gasteiger partial charge in [0.2, 0.25) is 0 Å². The molecule has 0 bridgehead atoms. The zero-order chi connectivity index (χ0) is 13.1. The maximum atomic E-state index is 5.88. The third-order valence-electron chi connectivity index (χ3n) is 4.03. The molecule has 0 spiro atoms. The first kappa shape index (κ1) is 13.3. The van der Waals surface area contributed by atoms with Crippen LogP contribution in [0.25, 0.3) is 0 Å². The van der Waals surface area contributed by atoms with Crippen molar-refractivity contribution < 1.29 is 0 Å². The molecule has 0 atom stereocenters. The fraction of sp³-hybridized carbons (Fsp3) is 0.667. The number of nitrogens with zero attached hydrogens (tertiary/aromatic N) is 2. The summed E-state index contributed by atoms with van der Waals surface area (Å²) in [5.41, 5.74) is 9.42. The third-order valence-corrected chi connectivity index (χ3v) is 4.03. The van der Waals surface area contributed by atoms with Gasteiger partial charge >= 0.3 is 0 Å². The second kappa shape index (κ2) is 5.70. The molecule has 0 radical (unpaired) electrons. The van der Waals surface area contributed by atoms with E-state index in [0.29, 0.717) is 6.54 Å². The maximum Gasteiger partial charge on any atom is 0.133 e. The first-order chi connectivity index (χ1) is 8.61. The Morgan fingerprint density at radius 2 is 2.00 bits per heavy atom. The molecule has 1 aromatic rings. The Bertz CT molecular complexity index is 408. The Balaban J connectivity index is 2.19. The quantitative estimate of drug-likeness (QED) is 0.889. The van der Waals surface area contributed by atoms with Crippen molar-refractivity contribution in [2.75, 3.05) is 18.5 Å². The second-order valence-electron chi connectivity index (χ2n) is 5.62. The van der Waals surface area contributed by atoms with Crippen LogP contribution in [0, 0.1) is 19.8 Å². The predicted molar refractivity (Wildman–Crippen MR) is 76.8 cm³/mol. The molecule has 0 aromatic carbocycles. The first-order valence-electron chi connectivity index (χ1n) is 7.00. The zero-order valence-corrected chi connectivity index (χ0v) is 11.9. The number of hydrogen-bond acceptors (Lipinski definition) is 3. The van der Waals surface area contributed by atoms with Gasteiger partial charge in [0.05, 0.1) is 0 Å². The summed E-state index contributed by atoms with van der Waals surface area (Å²) < 4.78 is 0. The molecule has 1 fully saturated rings. The Hall–Kier alpha value is -1.09. The van der Waals surface area contributed by atoms with E-state index in [1.807, 2.05) is 0 Å². The molecule has 3 heteroatoms. The van der Waals surface area contributed by atoms with Crippen LogP contribution in [-0.2, 0) is 6.54 Å².